The Hall–Kier alpha value is -1.31. The van der Waals surface area contributed by atoms with E-state index in [9.17, 15) is 9.59 Å². The largest absolute Gasteiger partial charge is 0.331 e. The van der Waals surface area contributed by atoms with Gasteiger partial charge in [-0.05, 0) is 0 Å². The summed E-state index contributed by atoms with van der Waals surface area (Å²) >= 11 is 11.6. The second-order valence-electron chi connectivity index (χ2n) is 5.03. The van der Waals surface area contributed by atoms with Gasteiger partial charge < -0.3 is 9.80 Å². The van der Waals surface area contributed by atoms with Crippen molar-refractivity contribution in [3.05, 3.63) is 26.6 Å². The van der Waals surface area contributed by atoms with E-state index in [2.05, 4.69) is 5.10 Å². The van der Waals surface area contributed by atoms with Gasteiger partial charge in [-0.25, -0.2) is 9.48 Å². The molecule has 1 aromatic heterocycles. The fraction of sp³-hybridized carbons (Fsp3) is 0.583. The molecule has 2 heterocycles. The molecule has 0 unspecified atom stereocenters. The molecule has 0 N–H and O–H groups in total. The molecule has 0 radical (unpaired) electrons. The minimum Gasteiger partial charge on any atom is -0.331 e. The first-order valence-corrected chi connectivity index (χ1v) is 7.25. The second kappa shape index (κ2) is 6.64. The molecular formula is C12H17Cl2N5O2. The van der Waals surface area contributed by atoms with Gasteiger partial charge in [0.05, 0.1) is 17.9 Å². The predicted octanol–water partition coefficient (Wildman–Crippen LogP) is 0.807. The maximum absolute atomic E-state index is 11.9. The number of nitrogens with zero attached hydrogens (tertiary/aromatic N) is 5. The lowest BCUT2D eigenvalue weighted by atomic mass is 10.3. The number of urea groups is 1. The van der Waals surface area contributed by atoms with Crippen molar-refractivity contribution in [3.63, 3.8) is 0 Å². The lowest BCUT2D eigenvalue weighted by Gasteiger charge is -2.35. The molecule has 0 saturated carbocycles. The van der Waals surface area contributed by atoms with Crippen LogP contribution in [0.3, 0.4) is 0 Å². The van der Waals surface area contributed by atoms with Crippen molar-refractivity contribution < 1.29 is 4.79 Å². The molecule has 21 heavy (non-hydrogen) atoms. The Kier molecular flexibility index (Phi) is 5.08. The first-order valence-electron chi connectivity index (χ1n) is 6.50. The van der Waals surface area contributed by atoms with E-state index in [0.717, 1.165) is 0 Å². The second-order valence-corrected chi connectivity index (χ2v) is 5.82. The smallest absolute Gasteiger partial charge is 0.319 e. The average molecular weight is 334 g/mol. The van der Waals surface area contributed by atoms with E-state index in [1.54, 1.807) is 23.9 Å². The van der Waals surface area contributed by atoms with E-state index in [1.165, 1.54) is 10.9 Å². The molecule has 0 aromatic carbocycles. The Morgan fingerprint density at radius 3 is 2.48 bits per heavy atom. The Balaban J connectivity index is 1.97. The maximum atomic E-state index is 11.9. The highest BCUT2D eigenvalue weighted by atomic mass is 35.5. The van der Waals surface area contributed by atoms with Crippen LogP contribution in [0, 0.1) is 0 Å². The van der Waals surface area contributed by atoms with Gasteiger partial charge in [-0.3, -0.25) is 9.69 Å². The molecule has 0 spiro atoms. The van der Waals surface area contributed by atoms with Crippen LogP contribution in [0.15, 0.2) is 11.0 Å². The van der Waals surface area contributed by atoms with Crippen molar-refractivity contribution in [3.8, 4) is 0 Å². The van der Waals surface area contributed by atoms with Crippen molar-refractivity contribution in [2.45, 2.75) is 6.67 Å². The quantitative estimate of drug-likeness (QED) is 0.803. The molecule has 0 atom stereocenters. The first kappa shape index (κ1) is 16.1. The number of carbonyl (C=O) groups excluding carboxylic acids is 1. The Morgan fingerprint density at radius 1 is 1.29 bits per heavy atom. The van der Waals surface area contributed by atoms with Crippen LogP contribution in [0.1, 0.15) is 0 Å². The van der Waals surface area contributed by atoms with Crippen molar-refractivity contribution in [2.24, 2.45) is 0 Å². The van der Waals surface area contributed by atoms with Gasteiger partial charge in [-0.15, -0.1) is 0 Å². The van der Waals surface area contributed by atoms with Gasteiger partial charge in [0.25, 0.3) is 5.56 Å². The van der Waals surface area contributed by atoms with Crippen LogP contribution in [-0.4, -0.2) is 70.8 Å². The third-order valence-corrected chi connectivity index (χ3v) is 4.05. The predicted molar refractivity (Wildman–Crippen MR) is 80.7 cm³/mol. The van der Waals surface area contributed by atoms with E-state index in [4.69, 9.17) is 23.2 Å². The van der Waals surface area contributed by atoms with Gasteiger partial charge in [0.1, 0.15) is 5.02 Å². The molecule has 116 valence electrons. The molecule has 9 heteroatoms. The van der Waals surface area contributed by atoms with Gasteiger partial charge in [0.15, 0.2) is 0 Å². The monoisotopic (exact) mass is 333 g/mol. The van der Waals surface area contributed by atoms with Crippen LogP contribution in [-0.2, 0) is 6.67 Å². The highest BCUT2D eigenvalue weighted by molar-refractivity contribution is 6.41. The maximum Gasteiger partial charge on any atom is 0.319 e. The summed E-state index contributed by atoms with van der Waals surface area (Å²) < 4.78 is 1.28. The van der Waals surface area contributed by atoms with Gasteiger partial charge in [-0.1, -0.05) is 23.2 Å². The molecule has 0 aliphatic carbocycles. The molecule has 7 nitrogen and oxygen atoms in total. The summed E-state index contributed by atoms with van der Waals surface area (Å²) in [5.41, 5.74) is -0.407. The van der Waals surface area contributed by atoms with Crippen molar-refractivity contribution in [2.75, 3.05) is 40.3 Å². The van der Waals surface area contributed by atoms with Crippen LogP contribution < -0.4 is 5.56 Å². The van der Waals surface area contributed by atoms with Crippen molar-refractivity contribution in [1.82, 2.24) is 24.5 Å². The van der Waals surface area contributed by atoms with Gasteiger partial charge in [0.2, 0.25) is 0 Å². The Labute approximate surface area is 132 Å². The number of amides is 2. The highest BCUT2D eigenvalue weighted by Gasteiger charge is 2.22. The molecule has 1 aromatic rings. The standard InChI is InChI=1S/C12H17Cl2N5O2/c1-16(2)12(21)18-5-3-17(4-6-18)8-19-11(20)10(14)9(13)7-15-19/h7H,3-6,8H2,1-2H3. The fourth-order valence-corrected chi connectivity index (χ4v) is 2.37. The third kappa shape index (κ3) is 3.66. The van der Waals surface area contributed by atoms with E-state index in [0.29, 0.717) is 32.8 Å². The van der Waals surface area contributed by atoms with Gasteiger partial charge in [0, 0.05) is 40.3 Å². The van der Waals surface area contributed by atoms with Crippen LogP contribution >= 0.6 is 23.2 Å². The Morgan fingerprint density at radius 2 is 1.90 bits per heavy atom. The van der Waals surface area contributed by atoms with Gasteiger partial charge >= 0.3 is 6.03 Å². The highest BCUT2D eigenvalue weighted by Crippen LogP contribution is 2.14. The minimum absolute atomic E-state index is 0.000482. The zero-order valence-corrected chi connectivity index (χ0v) is 13.4. The summed E-state index contributed by atoms with van der Waals surface area (Å²) in [6.07, 6.45) is 1.36. The molecule has 1 fully saturated rings. The zero-order valence-electron chi connectivity index (χ0n) is 11.9. The van der Waals surface area contributed by atoms with Gasteiger partial charge in [-0.2, -0.15) is 5.10 Å². The minimum atomic E-state index is -0.407. The number of aromatic nitrogens is 2. The third-order valence-electron chi connectivity index (χ3n) is 3.30. The number of piperazine rings is 1. The van der Waals surface area contributed by atoms with Crippen molar-refractivity contribution in [1.29, 1.82) is 0 Å². The molecule has 2 amide bonds. The molecule has 0 bridgehead atoms. The molecule has 2 rings (SSSR count). The van der Waals surface area contributed by atoms with E-state index in [1.807, 2.05) is 4.90 Å². The van der Waals surface area contributed by atoms with E-state index >= 15 is 0 Å². The normalized spacial score (nSPS) is 16.1. The van der Waals surface area contributed by atoms with Crippen LogP contribution in [0.5, 0.6) is 0 Å². The number of hydrogen-bond donors (Lipinski definition) is 0. The number of halogens is 2. The molecule has 1 saturated heterocycles. The summed E-state index contributed by atoms with van der Waals surface area (Å²) in [6, 6.07) is -0.000482. The summed E-state index contributed by atoms with van der Waals surface area (Å²) in [5.74, 6) is 0. The lowest BCUT2D eigenvalue weighted by molar-refractivity contribution is 0.102. The molecule has 1 aliphatic rings. The summed E-state index contributed by atoms with van der Waals surface area (Å²) in [5, 5.41) is 4.10. The topological polar surface area (TPSA) is 61.7 Å². The van der Waals surface area contributed by atoms with E-state index in [-0.39, 0.29) is 16.1 Å². The van der Waals surface area contributed by atoms with Crippen LogP contribution in [0.2, 0.25) is 10.0 Å². The fourth-order valence-electron chi connectivity index (χ4n) is 2.10. The summed E-state index contributed by atoms with van der Waals surface area (Å²) in [7, 11) is 3.46. The zero-order chi connectivity index (χ0) is 15.6. The summed E-state index contributed by atoms with van der Waals surface area (Å²) in [4.78, 5) is 29.1. The number of rotatable bonds is 2. The average Bonchev–Trinajstić information content (AvgIpc) is 2.48. The molecule has 1 aliphatic heterocycles. The molecular weight excluding hydrogens is 317 g/mol. The number of carbonyl (C=O) groups is 1. The SMILES string of the molecule is CN(C)C(=O)N1CCN(Cn2ncc(Cl)c(Cl)c2=O)CC1. The van der Waals surface area contributed by atoms with Crippen molar-refractivity contribution >= 4 is 29.2 Å². The van der Waals surface area contributed by atoms with E-state index < -0.39 is 5.56 Å². The summed E-state index contributed by atoms with van der Waals surface area (Å²) in [6.45, 7) is 2.92. The first-order chi connectivity index (χ1) is 9.90. The Bertz CT molecular complexity index is 582. The van der Waals surface area contributed by atoms with Crippen LogP contribution in [0.25, 0.3) is 0 Å². The lowest BCUT2D eigenvalue weighted by Crippen LogP contribution is -2.52. The van der Waals surface area contributed by atoms with Crippen LogP contribution in [0.4, 0.5) is 4.79 Å². The number of hydrogen-bond acceptors (Lipinski definition) is 4.